The standard InChI is InChI=1S/C12H19N3O2S/c1-9(2)8-15(10-5-6-10)18(16,17)11-4-3-7-14-12(11)13/h3-4,7,9-10H,5-6,8H2,1-2H3,(H2,13,14). The molecule has 1 aromatic rings. The zero-order valence-electron chi connectivity index (χ0n) is 10.7. The van der Waals surface area contributed by atoms with Crippen LogP contribution in [0.25, 0.3) is 0 Å². The Balaban J connectivity index is 2.36. The highest BCUT2D eigenvalue weighted by atomic mass is 32.2. The van der Waals surface area contributed by atoms with Gasteiger partial charge in [0.05, 0.1) is 0 Å². The van der Waals surface area contributed by atoms with E-state index in [0.717, 1.165) is 12.8 Å². The summed E-state index contributed by atoms with van der Waals surface area (Å²) < 4.78 is 26.7. The Hall–Kier alpha value is -1.14. The Kier molecular flexibility index (Phi) is 3.59. The summed E-state index contributed by atoms with van der Waals surface area (Å²) in [6.07, 6.45) is 3.37. The molecule has 0 saturated heterocycles. The highest BCUT2D eigenvalue weighted by Gasteiger charge is 2.39. The van der Waals surface area contributed by atoms with Gasteiger partial charge in [0.1, 0.15) is 10.7 Å². The Morgan fingerprint density at radius 3 is 2.67 bits per heavy atom. The zero-order valence-corrected chi connectivity index (χ0v) is 11.5. The van der Waals surface area contributed by atoms with E-state index >= 15 is 0 Å². The molecule has 2 N–H and O–H groups in total. The summed E-state index contributed by atoms with van der Waals surface area (Å²) in [7, 11) is -3.52. The smallest absolute Gasteiger partial charge is 0.246 e. The lowest BCUT2D eigenvalue weighted by molar-refractivity contribution is 0.360. The third kappa shape index (κ3) is 2.64. The van der Waals surface area contributed by atoms with Gasteiger partial charge in [-0.3, -0.25) is 0 Å². The van der Waals surface area contributed by atoms with E-state index in [4.69, 9.17) is 5.73 Å². The number of hydrogen-bond acceptors (Lipinski definition) is 4. The number of anilines is 1. The molecule has 0 atom stereocenters. The number of nitrogens with two attached hydrogens (primary N) is 1. The van der Waals surface area contributed by atoms with Gasteiger partial charge in [-0.2, -0.15) is 4.31 Å². The summed E-state index contributed by atoms with van der Waals surface area (Å²) in [6.45, 7) is 4.55. The van der Waals surface area contributed by atoms with Crippen molar-refractivity contribution in [3.05, 3.63) is 18.3 Å². The minimum atomic E-state index is -3.52. The van der Waals surface area contributed by atoms with Crippen molar-refractivity contribution < 1.29 is 8.42 Å². The summed E-state index contributed by atoms with van der Waals surface area (Å²) in [4.78, 5) is 3.98. The van der Waals surface area contributed by atoms with Crippen molar-refractivity contribution in [1.29, 1.82) is 0 Å². The molecular formula is C12H19N3O2S. The maximum Gasteiger partial charge on any atom is 0.246 e. The van der Waals surface area contributed by atoms with Crippen molar-refractivity contribution in [2.24, 2.45) is 5.92 Å². The molecule has 0 bridgehead atoms. The van der Waals surface area contributed by atoms with E-state index in [2.05, 4.69) is 4.98 Å². The number of hydrogen-bond donors (Lipinski definition) is 1. The molecule has 18 heavy (non-hydrogen) atoms. The molecule has 0 aliphatic heterocycles. The van der Waals surface area contributed by atoms with Crippen LogP contribution in [0.2, 0.25) is 0 Å². The molecule has 0 spiro atoms. The summed E-state index contributed by atoms with van der Waals surface area (Å²) in [5, 5.41) is 0. The monoisotopic (exact) mass is 269 g/mol. The van der Waals surface area contributed by atoms with E-state index < -0.39 is 10.0 Å². The minimum Gasteiger partial charge on any atom is -0.383 e. The highest BCUT2D eigenvalue weighted by molar-refractivity contribution is 7.89. The Bertz CT molecular complexity index is 524. The predicted octanol–water partition coefficient (Wildman–Crippen LogP) is 1.47. The summed E-state index contributed by atoms with van der Waals surface area (Å²) >= 11 is 0. The fraction of sp³-hybridized carbons (Fsp3) is 0.583. The van der Waals surface area contributed by atoms with Crippen molar-refractivity contribution in [1.82, 2.24) is 9.29 Å². The van der Waals surface area contributed by atoms with Crippen molar-refractivity contribution in [2.75, 3.05) is 12.3 Å². The van der Waals surface area contributed by atoms with Crippen LogP contribution in [0.4, 0.5) is 5.82 Å². The second-order valence-corrected chi connectivity index (χ2v) is 6.95. The van der Waals surface area contributed by atoms with Crippen LogP contribution in [-0.2, 0) is 10.0 Å². The molecule has 0 aromatic carbocycles. The van der Waals surface area contributed by atoms with Crippen LogP contribution in [0.5, 0.6) is 0 Å². The molecular weight excluding hydrogens is 250 g/mol. The van der Waals surface area contributed by atoms with Gasteiger partial charge < -0.3 is 5.73 Å². The van der Waals surface area contributed by atoms with Gasteiger partial charge in [-0.25, -0.2) is 13.4 Å². The lowest BCUT2D eigenvalue weighted by Gasteiger charge is -2.24. The van der Waals surface area contributed by atoms with Gasteiger partial charge in [0.2, 0.25) is 10.0 Å². The first-order valence-electron chi connectivity index (χ1n) is 6.15. The first-order valence-corrected chi connectivity index (χ1v) is 7.59. The van der Waals surface area contributed by atoms with Crippen LogP contribution < -0.4 is 5.73 Å². The first kappa shape index (κ1) is 13.3. The minimum absolute atomic E-state index is 0.0758. The maximum absolute atomic E-state index is 12.6. The highest BCUT2D eigenvalue weighted by Crippen LogP contribution is 2.33. The molecule has 1 aromatic heterocycles. The quantitative estimate of drug-likeness (QED) is 0.878. The van der Waals surface area contributed by atoms with E-state index in [9.17, 15) is 8.42 Å². The second kappa shape index (κ2) is 4.85. The molecule has 1 aliphatic rings. The summed E-state index contributed by atoms with van der Waals surface area (Å²) in [5.41, 5.74) is 5.68. The molecule has 5 nitrogen and oxygen atoms in total. The van der Waals surface area contributed by atoms with Crippen LogP contribution in [-0.4, -0.2) is 30.3 Å². The average Bonchev–Trinajstić information content (AvgIpc) is 3.09. The van der Waals surface area contributed by atoms with Crippen molar-refractivity contribution in [3.8, 4) is 0 Å². The SMILES string of the molecule is CC(C)CN(C1CC1)S(=O)(=O)c1cccnc1N. The molecule has 0 unspecified atom stereocenters. The van der Waals surface area contributed by atoms with Gasteiger partial charge in [-0.15, -0.1) is 0 Å². The average molecular weight is 269 g/mol. The van der Waals surface area contributed by atoms with Gasteiger partial charge >= 0.3 is 0 Å². The summed E-state index contributed by atoms with van der Waals surface area (Å²) in [5.74, 6) is 0.366. The topological polar surface area (TPSA) is 76.3 Å². The van der Waals surface area contributed by atoms with Crippen LogP contribution in [0.15, 0.2) is 23.2 Å². The number of aromatic nitrogens is 1. The lowest BCUT2D eigenvalue weighted by atomic mass is 10.2. The Labute approximate surface area is 108 Å². The normalized spacial score (nSPS) is 16.4. The van der Waals surface area contributed by atoms with Crippen LogP contribution in [0.1, 0.15) is 26.7 Å². The molecule has 100 valence electrons. The first-order chi connectivity index (χ1) is 8.43. The van der Waals surface area contributed by atoms with E-state index in [-0.39, 0.29) is 16.8 Å². The molecule has 0 amide bonds. The van der Waals surface area contributed by atoms with Crippen LogP contribution in [0.3, 0.4) is 0 Å². The van der Waals surface area contributed by atoms with Gasteiger partial charge in [-0.1, -0.05) is 13.8 Å². The zero-order chi connectivity index (χ0) is 13.3. The van der Waals surface area contributed by atoms with E-state index in [1.807, 2.05) is 13.8 Å². The number of rotatable bonds is 5. The fourth-order valence-corrected chi connectivity index (χ4v) is 3.83. The number of nitrogens with zero attached hydrogens (tertiary/aromatic N) is 2. The molecule has 1 aliphatic carbocycles. The van der Waals surface area contributed by atoms with Crippen LogP contribution >= 0.6 is 0 Å². The molecule has 2 rings (SSSR count). The molecule has 1 heterocycles. The lowest BCUT2D eigenvalue weighted by Crippen LogP contribution is -2.36. The van der Waals surface area contributed by atoms with Gasteiger partial charge in [-0.05, 0) is 30.9 Å². The van der Waals surface area contributed by atoms with Gasteiger partial charge in [0.25, 0.3) is 0 Å². The second-order valence-electron chi connectivity index (χ2n) is 5.09. The number of pyridine rings is 1. The molecule has 1 saturated carbocycles. The van der Waals surface area contributed by atoms with Crippen molar-refractivity contribution in [2.45, 2.75) is 37.6 Å². The van der Waals surface area contributed by atoms with Crippen molar-refractivity contribution >= 4 is 15.8 Å². The molecule has 6 heteroatoms. The Morgan fingerprint density at radius 2 is 2.17 bits per heavy atom. The fourth-order valence-electron chi connectivity index (χ4n) is 1.91. The van der Waals surface area contributed by atoms with E-state index in [1.165, 1.54) is 12.3 Å². The maximum atomic E-state index is 12.6. The third-order valence-corrected chi connectivity index (χ3v) is 4.85. The third-order valence-electron chi connectivity index (χ3n) is 2.89. The van der Waals surface area contributed by atoms with Gasteiger partial charge in [0, 0.05) is 18.8 Å². The van der Waals surface area contributed by atoms with Crippen LogP contribution in [0, 0.1) is 5.92 Å². The van der Waals surface area contributed by atoms with Crippen molar-refractivity contribution in [3.63, 3.8) is 0 Å². The van der Waals surface area contributed by atoms with E-state index in [0.29, 0.717) is 12.5 Å². The summed E-state index contributed by atoms with van der Waals surface area (Å²) in [6, 6.07) is 3.26. The van der Waals surface area contributed by atoms with Gasteiger partial charge in [0.15, 0.2) is 0 Å². The molecule has 1 fully saturated rings. The molecule has 0 radical (unpaired) electrons. The predicted molar refractivity (Wildman–Crippen MR) is 70.4 cm³/mol. The van der Waals surface area contributed by atoms with E-state index in [1.54, 1.807) is 10.4 Å². The number of nitrogen functional groups attached to an aromatic ring is 1. The largest absolute Gasteiger partial charge is 0.383 e. The Morgan fingerprint density at radius 1 is 1.50 bits per heavy atom. The number of sulfonamides is 1.